The Labute approximate surface area is 120 Å². The maximum absolute atomic E-state index is 12.5. The Balaban J connectivity index is 2.07. The van der Waals surface area contributed by atoms with Crippen molar-refractivity contribution in [1.29, 1.82) is 0 Å². The highest BCUT2D eigenvalue weighted by atomic mass is 16.5. The summed E-state index contributed by atoms with van der Waals surface area (Å²) in [5.74, 6) is 0.682. The summed E-state index contributed by atoms with van der Waals surface area (Å²) in [6.45, 7) is 4.71. The fraction of sp³-hybridized carbons (Fsp3) is 0.533. The molecule has 2 amide bonds. The summed E-state index contributed by atoms with van der Waals surface area (Å²) in [4.78, 5) is 14.4. The number of urea groups is 1. The number of methoxy groups -OCH3 is 1. The Kier molecular flexibility index (Phi) is 5.24. The molecule has 0 saturated carbocycles. The highest BCUT2D eigenvalue weighted by molar-refractivity contribution is 5.91. The van der Waals surface area contributed by atoms with Gasteiger partial charge in [0.25, 0.3) is 0 Å². The number of hydrogen-bond acceptors (Lipinski definition) is 3. The van der Waals surface area contributed by atoms with Crippen LogP contribution in [0.3, 0.4) is 0 Å². The molecule has 1 aliphatic rings. The van der Waals surface area contributed by atoms with Gasteiger partial charge in [-0.05, 0) is 31.5 Å². The largest absolute Gasteiger partial charge is 0.495 e. The number of carbonyl (C=O) groups is 1. The molecule has 0 radical (unpaired) electrons. The zero-order chi connectivity index (χ0) is 14.4. The summed E-state index contributed by atoms with van der Waals surface area (Å²) < 4.78 is 5.27. The number of hydrogen-bond donors (Lipinski definition) is 2. The zero-order valence-corrected chi connectivity index (χ0v) is 12.2. The highest BCUT2D eigenvalue weighted by Gasteiger charge is 2.26. The number of amides is 2. The van der Waals surface area contributed by atoms with Crippen molar-refractivity contribution in [1.82, 2.24) is 10.2 Å². The third kappa shape index (κ3) is 3.42. The summed E-state index contributed by atoms with van der Waals surface area (Å²) in [7, 11) is 1.61. The second-order valence-corrected chi connectivity index (χ2v) is 4.97. The molecule has 1 heterocycles. The van der Waals surface area contributed by atoms with E-state index >= 15 is 0 Å². The van der Waals surface area contributed by atoms with E-state index in [-0.39, 0.29) is 12.1 Å². The fourth-order valence-electron chi connectivity index (χ4n) is 2.53. The third-order valence-electron chi connectivity index (χ3n) is 3.55. The van der Waals surface area contributed by atoms with Gasteiger partial charge in [-0.2, -0.15) is 0 Å². The molecule has 1 aromatic carbocycles. The minimum absolute atomic E-state index is 0.0509. The van der Waals surface area contributed by atoms with Crippen molar-refractivity contribution in [2.24, 2.45) is 0 Å². The van der Waals surface area contributed by atoms with Crippen molar-refractivity contribution >= 4 is 11.7 Å². The summed E-state index contributed by atoms with van der Waals surface area (Å²) in [5, 5.41) is 6.26. The molecular formula is C15H23N3O2. The average Bonchev–Trinajstić information content (AvgIpc) is 2.99. The molecule has 0 aromatic heterocycles. The standard InChI is InChI=1S/C15H23N3O2/c1-3-10-18(12-8-9-16-11-12)15(19)17-13-6-4-5-7-14(13)20-2/h4-7,12,16H,3,8-11H2,1-2H3,(H,17,19). The van der Waals surface area contributed by atoms with Crippen molar-refractivity contribution in [2.45, 2.75) is 25.8 Å². The molecule has 0 spiro atoms. The second-order valence-electron chi connectivity index (χ2n) is 4.97. The maximum Gasteiger partial charge on any atom is 0.322 e. The molecule has 5 nitrogen and oxygen atoms in total. The van der Waals surface area contributed by atoms with Gasteiger partial charge in [-0.15, -0.1) is 0 Å². The van der Waals surface area contributed by atoms with Gasteiger partial charge in [0, 0.05) is 19.1 Å². The molecule has 1 aliphatic heterocycles. The lowest BCUT2D eigenvalue weighted by molar-refractivity contribution is 0.192. The molecule has 0 aliphatic carbocycles. The topological polar surface area (TPSA) is 53.6 Å². The minimum Gasteiger partial charge on any atom is -0.495 e. The molecule has 2 N–H and O–H groups in total. The van der Waals surface area contributed by atoms with E-state index in [0.717, 1.165) is 32.5 Å². The third-order valence-corrected chi connectivity index (χ3v) is 3.55. The van der Waals surface area contributed by atoms with Gasteiger partial charge >= 0.3 is 6.03 Å². The Morgan fingerprint density at radius 1 is 1.50 bits per heavy atom. The van der Waals surface area contributed by atoms with Crippen molar-refractivity contribution in [3.8, 4) is 5.75 Å². The van der Waals surface area contributed by atoms with Crippen LogP contribution in [0.1, 0.15) is 19.8 Å². The van der Waals surface area contributed by atoms with Crippen LogP contribution in [0, 0.1) is 0 Å². The number of nitrogens with zero attached hydrogens (tertiary/aromatic N) is 1. The maximum atomic E-state index is 12.5. The van der Waals surface area contributed by atoms with Crippen molar-refractivity contribution in [3.63, 3.8) is 0 Å². The molecule has 0 bridgehead atoms. The van der Waals surface area contributed by atoms with E-state index < -0.39 is 0 Å². The summed E-state index contributed by atoms with van der Waals surface area (Å²) >= 11 is 0. The second kappa shape index (κ2) is 7.14. The van der Waals surface area contributed by atoms with Crippen molar-refractivity contribution in [2.75, 3.05) is 32.1 Å². The molecule has 1 aromatic rings. The first kappa shape index (κ1) is 14.7. The van der Waals surface area contributed by atoms with Gasteiger partial charge in [0.15, 0.2) is 0 Å². The lowest BCUT2D eigenvalue weighted by atomic mass is 10.2. The van der Waals surface area contributed by atoms with Gasteiger partial charge < -0.3 is 20.3 Å². The molecule has 1 saturated heterocycles. The fourth-order valence-corrected chi connectivity index (χ4v) is 2.53. The van der Waals surface area contributed by atoms with Gasteiger partial charge in [0.1, 0.15) is 5.75 Å². The van der Waals surface area contributed by atoms with Gasteiger partial charge in [0.2, 0.25) is 0 Å². The number of anilines is 1. The van der Waals surface area contributed by atoms with Gasteiger partial charge in [0.05, 0.1) is 12.8 Å². The van der Waals surface area contributed by atoms with Crippen LogP contribution in [-0.2, 0) is 0 Å². The Morgan fingerprint density at radius 3 is 2.95 bits per heavy atom. The van der Waals surface area contributed by atoms with Crippen LogP contribution in [-0.4, -0.2) is 43.7 Å². The van der Waals surface area contributed by atoms with Crippen molar-refractivity contribution in [3.05, 3.63) is 24.3 Å². The van der Waals surface area contributed by atoms with Crippen LogP contribution in [0.25, 0.3) is 0 Å². The summed E-state index contributed by atoms with van der Waals surface area (Å²) in [6.07, 6.45) is 1.97. The number of para-hydroxylation sites is 2. The number of carbonyl (C=O) groups excluding carboxylic acids is 1. The minimum atomic E-state index is -0.0509. The SMILES string of the molecule is CCCN(C(=O)Nc1ccccc1OC)C1CCNC1. The van der Waals surface area contributed by atoms with Crippen LogP contribution < -0.4 is 15.4 Å². The molecule has 110 valence electrons. The van der Waals surface area contributed by atoms with Crippen LogP contribution in [0.2, 0.25) is 0 Å². The van der Waals surface area contributed by atoms with E-state index in [0.29, 0.717) is 11.4 Å². The normalized spacial score (nSPS) is 17.8. The smallest absolute Gasteiger partial charge is 0.322 e. The van der Waals surface area contributed by atoms with Gasteiger partial charge in [-0.1, -0.05) is 19.1 Å². The zero-order valence-electron chi connectivity index (χ0n) is 12.2. The van der Waals surface area contributed by atoms with E-state index in [2.05, 4.69) is 17.6 Å². The molecule has 1 unspecified atom stereocenters. The Morgan fingerprint density at radius 2 is 2.30 bits per heavy atom. The van der Waals surface area contributed by atoms with E-state index in [1.54, 1.807) is 7.11 Å². The highest BCUT2D eigenvalue weighted by Crippen LogP contribution is 2.24. The molecule has 20 heavy (non-hydrogen) atoms. The quantitative estimate of drug-likeness (QED) is 0.868. The summed E-state index contributed by atoms with van der Waals surface area (Å²) in [6, 6.07) is 7.71. The van der Waals surface area contributed by atoms with Crippen LogP contribution >= 0.6 is 0 Å². The predicted molar refractivity (Wildman–Crippen MR) is 80.3 cm³/mol. The molecule has 1 atom stereocenters. The Bertz CT molecular complexity index is 444. The molecule has 5 heteroatoms. The molecule has 1 fully saturated rings. The van der Waals surface area contributed by atoms with Crippen molar-refractivity contribution < 1.29 is 9.53 Å². The van der Waals surface area contributed by atoms with E-state index in [1.807, 2.05) is 29.2 Å². The van der Waals surface area contributed by atoms with Crippen LogP contribution in [0.4, 0.5) is 10.5 Å². The van der Waals surface area contributed by atoms with E-state index in [9.17, 15) is 4.79 Å². The monoisotopic (exact) mass is 277 g/mol. The molecular weight excluding hydrogens is 254 g/mol. The van der Waals surface area contributed by atoms with E-state index in [1.165, 1.54) is 0 Å². The first-order valence-electron chi connectivity index (χ1n) is 7.17. The molecule has 2 rings (SSSR count). The lowest BCUT2D eigenvalue weighted by Gasteiger charge is -2.28. The van der Waals surface area contributed by atoms with Crippen LogP contribution in [0.15, 0.2) is 24.3 Å². The number of rotatable bonds is 5. The van der Waals surface area contributed by atoms with E-state index in [4.69, 9.17) is 4.74 Å². The number of benzene rings is 1. The predicted octanol–water partition coefficient (Wildman–Crippen LogP) is 2.30. The number of ether oxygens (including phenoxy) is 1. The first-order valence-corrected chi connectivity index (χ1v) is 7.17. The van der Waals surface area contributed by atoms with Crippen LogP contribution in [0.5, 0.6) is 5.75 Å². The average molecular weight is 277 g/mol. The summed E-state index contributed by atoms with van der Waals surface area (Å²) in [5.41, 5.74) is 0.715. The lowest BCUT2D eigenvalue weighted by Crippen LogP contribution is -2.44. The Hall–Kier alpha value is -1.75. The first-order chi connectivity index (χ1) is 9.76. The number of nitrogens with one attached hydrogen (secondary N) is 2. The van der Waals surface area contributed by atoms with Gasteiger partial charge in [-0.3, -0.25) is 0 Å². The van der Waals surface area contributed by atoms with Gasteiger partial charge in [-0.25, -0.2) is 4.79 Å².